The maximum absolute atomic E-state index is 14.9. The molecule has 0 radical (unpaired) electrons. The number of aromatic nitrogens is 2. The number of thioether (sulfide) groups is 1. The molecule has 3 aliphatic heterocycles. The van der Waals surface area contributed by atoms with Gasteiger partial charge in [-0.1, -0.05) is 42.5 Å². The Morgan fingerprint density at radius 3 is 2.23 bits per heavy atom. The summed E-state index contributed by atoms with van der Waals surface area (Å²) in [6, 6.07) is 4.34. The molecular weight excluding hydrogens is 971 g/mol. The lowest BCUT2D eigenvalue weighted by Crippen LogP contribution is -2.60. The molecule has 6 rings (SSSR count). The summed E-state index contributed by atoms with van der Waals surface area (Å²) in [6.45, 7) is 0.198. The topological polar surface area (TPSA) is 400 Å². The average molecular weight is 1030 g/mol. The fourth-order valence-corrected chi connectivity index (χ4v) is 10.3. The summed E-state index contributed by atoms with van der Waals surface area (Å²) >= 11 is 1.12. The van der Waals surface area contributed by atoms with E-state index in [1.165, 1.54) is 34.5 Å². The number of nitrogens with two attached hydrogens (primary N) is 3. The number of carboxylic acid groups (broad SMARTS) is 2. The highest BCUT2D eigenvalue weighted by molar-refractivity contribution is 7.99. The monoisotopic (exact) mass is 1030 g/mol. The van der Waals surface area contributed by atoms with Gasteiger partial charge >= 0.3 is 11.9 Å². The van der Waals surface area contributed by atoms with E-state index < -0.39 is 113 Å². The Hall–Kier alpha value is -7.74. The van der Waals surface area contributed by atoms with Gasteiger partial charge in [0.05, 0.1) is 24.2 Å². The van der Waals surface area contributed by atoms with E-state index in [1.54, 1.807) is 42.5 Å². The van der Waals surface area contributed by atoms with Crippen LogP contribution in [0.3, 0.4) is 0 Å². The Labute approximate surface area is 423 Å². The minimum atomic E-state index is -1.51. The number of aliphatic carboxylic acids is 2. The molecule has 1 aromatic heterocycles. The van der Waals surface area contributed by atoms with Crippen molar-refractivity contribution in [3.63, 3.8) is 0 Å². The molecule has 0 spiro atoms. The number of hydrogen-bond acceptors (Lipinski definition) is 14. The number of aromatic amines is 1. The number of hydrogen-bond donors (Lipinski definition) is 12. The van der Waals surface area contributed by atoms with Gasteiger partial charge in [-0.05, 0) is 61.8 Å². The van der Waals surface area contributed by atoms with Crippen LogP contribution in [0.15, 0.2) is 72.1 Å². The molecule has 3 saturated heterocycles. The van der Waals surface area contributed by atoms with Crippen molar-refractivity contribution in [2.75, 3.05) is 18.8 Å². The van der Waals surface area contributed by atoms with E-state index in [4.69, 9.17) is 17.2 Å². The van der Waals surface area contributed by atoms with Crippen molar-refractivity contribution in [2.45, 2.75) is 118 Å². The van der Waals surface area contributed by atoms with E-state index in [-0.39, 0.29) is 81.9 Å². The number of benzene rings is 2. The minimum Gasteiger partial charge on any atom is -0.508 e. The third-order valence-corrected chi connectivity index (χ3v) is 14.0. The van der Waals surface area contributed by atoms with Crippen LogP contribution in [0.1, 0.15) is 61.8 Å². The summed E-state index contributed by atoms with van der Waals surface area (Å²) in [4.78, 5) is 136. The summed E-state index contributed by atoms with van der Waals surface area (Å²) in [5, 5.41) is 41.7. The number of carbonyl (C=O) groups is 9. The number of carboxylic acids is 2. The predicted octanol–water partition coefficient (Wildman–Crippen LogP) is -2.44. The number of H-pyrrole nitrogens is 1. The van der Waals surface area contributed by atoms with Crippen molar-refractivity contribution in [1.29, 1.82) is 0 Å². The molecule has 0 bridgehead atoms. The molecule has 15 N–H and O–H groups in total. The van der Waals surface area contributed by atoms with Crippen LogP contribution in [0.25, 0.3) is 0 Å². The first kappa shape index (κ1) is 54.6. The maximum atomic E-state index is 14.9. The first-order valence-electron chi connectivity index (χ1n) is 23.7. The standard InChI is InChI=1S/C47H61N13O12S/c48-29(21-38(62)63)39(64)54-30(8-4-16-52-47(49)50)40(65)58-34-23-73-37-15-14-36(60(37)45(70)31(55-41(34)66)18-26-10-12-28(61)13-11-26)43(68)56-32(20-27-22-51-24-53-27)44(69)59-17-5-9-35(59)42(67)57-33(46(71)72)19-25-6-2-1-3-7-25/h1-3,6-7,10-13,22,24,29-37,61H,4-5,8-9,14-21,23,48H2,(H,51,53)(H,54,64)(H,55,66)(H,56,68)(H,57,67)(H,58,65)(H,62,63)(H,71,72)(H4,49,50,52)/t29-,30-,31-,32-,33-,34-,35-,36-,37-/m0/s1. The number of guanidine groups is 1. The van der Waals surface area contributed by atoms with Gasteiger partial charge in [-0.25, -0.2) is 9.78 Å². The number of imidazole rings is 1. The van der Waals surface area contributed by atoms with Crippen molar-refractivity contribution >= 4 is 71.0 Å². The van der Waals surface area contributed by atoms with Gasteiger partial charge in [-0.15, -0.1) is 11.8 Å². The van der Waals surface area contributed by atoms with Crippen LogP contribution >= 0.6 is 11.8 Å². The number of fused-ring (bicyclic) bond motifs is 1. The van der Waals surface area contributed by atoms with E-state index in [0.717, 1.165) is 11.8 Å². The highest BCUT2D eigenvalue weighted by atomic mass is 32.2. The van der Waals surface area contributed by atoms with Gasteiger partial charge in [-0.3, -0.25) is 43.3 Å². The molecule has 3 aliphatic rings. The summed E-state index contributed by atoms with van der Waals surface area (Å²) in [7, 11) is 0. The zero-order valence-electron chi connectivity index (χ0n) is 39.7. The van der Waals surface area contributed by atoms with E-state index in [1.807, 2.05) is 0 Å². The highest BCUT2D eigenvalue weighted by Crippen LogP contribution is 2.35. The lowest BCUT2D eigenvalue weighted by molar-refractivity contribution is -0.145. The van der Waals surface area contributed by atoms with Crippen LogP contribution in [-0.4, -0.2) is 167 Å². The molecule has 3 aromatic rings. The van der Waals surface area contributed by atoms with Gasteiger partial charge in [0.15, 0.2) is 5.96 Å². The number of rotatable bonds is 22. The molecule has 392 valence electrons. The number of nitrogens with zero attached hydrogens (tertiary/aromatic N) is 4. The summed E-state index contributed by atoms with van der Waals surface area (Å²) < 4.78 is 0. The Kier molecular flexibility index (Phi) is 19.1. The van der Waals surface area contributed by atoms with Crippen LogP contribution in [0.2, 0.25) is 0 Å². The van der Waals surface area contributed by atoms with E-state index in [2.05, 4.69) is 41.5 Å². The molecule has 7 amide bonds. The number of aliphatic imine (C=N–C) groups is 1. The zero-order valence-corrected chi connectivity index (χ0v) is 40.5. The van der Waals surface area contributed by atoms with Gasteiger partial charge in [0.1, 0.15) is 48.0 Å². The van der Waals surface area contributed by atoms with Gasteiger partial charge in [0.25, 0.3) is 0 Å². The highest BCUT2D eigenvalue weighted by Gasteiger charge is 2.47. The first-order valence-corrected chi connectivity index (χ1v) is 24.7. The maximum Gasteiger partial charge on any atom is 0.326 e. The fraction of sp³-hybridized carbons (Fsp3) is 0.468. The Morgan fingerprint density at radius 2 is 1.56 bits per heavy atom. The van der Waals surface area contributed by atoms with Crippen molar-refractivity contribution in [3.05, 3.63) is 83.9 Å². The Morgan fingerprint density at radius 1 is 0.849 bits per heavy atom. The second-order valence-electron chi connectivity index (χ2n) is 18.0. The second-order valence-corrected chi connectivity index (χ2v) is 19.2. The third-order valence-electron chi connectivity index (χ3n) is 12.6. The van der Waals surface area contributed by atoms with Crippen molar-refractivity contribution in [2.24, 2.45) is 22.2 Å². The molecule has 25 nitrogen and oxygen atoms in total. The number of phenolic OH excluding ortho intramolecular Hbond substituents is 1. The minimum absolute atomic E-state index is 0.00179. The number of nitrogens with one attached hydrogen (secondary N) is 6. The number of likely N-dealkylation sites (tertiary alicyclic amines) is 1. The zero-order chi connectivity index (χ0) is 52.8. The largest absolute Gasteiger partial charge is 0.508 e. The van der Waals surface area contributed by atoms with Crippen LogP contribution in [0.4, 0.5) is 0 Å². The predicted molar refractivity (Wildman–Crippen MR) is 263 cm³/mol. The smallest absolute Gasteiger partial charge is 0.326 e. The molecule has 3 fully saturated rings. The molecular formula is C47H61N13O12S. The number of carbonyl (C=O) groups excluding carboxylic acids is 7. The fourth-order valence-electron chi connectivity index (χ4n) is 8.92. The van der Waals surface area contributed by atoms with Gasteiger partial charge in [0, 0.05) is 50.0 Å². The molecule has 0 saturated carbocycles. The van der Waals surface area contributed by atoms with Gasteiger partial charge < -0.3 is 73.9 Å². The van der Waals surface area contributed by atoms with E-state index in [9.17, 15) is 58.5 Å². The van der Waals surface area contributed by atoms with Crippen LogP contribution in [0.5, 0.6) is 5.75 Å². The first-order chi connectivity index (χ1) is 34.9. The number of amides is 7. The average Bonchev–Trinajstić information content (AvgIpc) is 4.16. The third kappa shape index (κ3) is 15.1. The number of phenols is 1. The molecule has 26 heteroatoms. The Balaban J connectivity index is 1.23. The van der Waals surface area contributed by atoms with Gasteiger partial charge in [0.2, 0.25) is 41.4 Å². The summed E-state index contributed by atoms with van der Waals surface area (Å²) in [5.74, 6) is -8.20. The van der Waals surface area contributed by atoms with E-state index in [0.29, 0.717) is 23.2 Å². The molecule has 73 heavy (non-hydrogen) atoms. The second kappa shape index (κ2) is 25.6. The quantitative estimate of drug-likeness (QED) is 0.0283. The SMILES string of the molecule is NC(N)=NCCC[C@H](NC(=O)[C@@H](N)CC(=O)O)C(=O)N[C@H]1CS[C@H]2CC[C@@H](C(=O)N[C@@H](Cc3cnc[nH]3)C(=O)N3CCC[C@H]3C(=O)N[C@@H](Cc3ccccc3)C(=O)O)N2C(=O)[C@H](Cc2ccc(O)cc2)NC1=O. The summed E-state index contributed by atoms with van der Waals surface area (Å²) in [5.41, 5.74) is 18.3. The van der Waals surface area contributed by atoms with Crippen molar-refractivity contribution < 1.29 is 58.5 Å². The van der Waals surface area contributed by atoms with Crippen LogP contribution in [-0.2, 0) is 62.4 Å². The lowest BCUT2D eigenvalue weighted by atomic mass is 10.0. The Bertz CT molecular complexity index is 2500. The molecule has 0 unspecified atom stereocenters. The molecule has 9 atom stereocenters. The van der Waals surface area contributed by atoms with Crippen LogP contribution < -0.4 is 43.8 Å². The normalized spacial score (nSPS) is 21.4. The molecule has 2 aromatic carbocycles. The van der Waals surface area contributed by atoms with Crippen LogP contribution in [0, 0.1) is 0 Å². The molecule has 0 aliphatic carbocycles. The number of aromatic hydroxyl groups is 1. The van der Waals surface area contributed by atoms with Crippen molar-refractivity contribution in [1.82, 2.24) is 46.4 Å². The van der Waals surface area contributed by atoms with Crippen molar-refractivity contribution in [3.8, 4) is 5.75 Å². The summed E-state index contributed by atoms with van der Waals surface area (Å²) in [6.07, 6.45) is 3.04. The van der Waals surface area contributed by atoms with E-state index >= 15 is 0 Å². The lowest BCUT2D eigenvalue weighted by Gasteiger charge is -2.33. The molecule has 4 heterocycles. The van der Waals surface area contributed by atoms with Gasteiger partial charge in [-0.2, -0.15) is 0 Å².